The number of methoxy groups -OCH3 is 1. The van der Waals surface area contributed by atoms with Crippen LogP contribution in [0.4, 0.5) is 4.79 Å². The van der Waals surface area contributed by atoms with Crippen LogP contribution >= 0.6 is 15.9 Å². The molecular formula is C20H17BrN4O4. The van der Waals surface area contributed by atoms with Gasteiger partial charge in [-0.15, -0.1) is 10.2 Å². The Bertz CT molecular complexity index is 1060. The molecule has 1 aromatic heterocycles. The van der Waals surface area contributed by atoms with Crippen LogP contribution in [-0.2, 0) is 16.9 Å². The molecule has 4 rings (SSSR count). The maximum absolute atomic E-state index is 13.0. The van der Waals surface area contributed by atoms with E-state index in [-0.39, 0.29) is 12.4 Å². The van der Waals surface area contributed by atoms with Gasteiger partial charge in [0.15, 0.2) is 0 Å². The van der Waals surface area contributed by atoms with Gasteiger partial charge in [-0.1, -0.05) is 28.1 Å². The molecule has 0 aliphatic carbocycles. The Morgan fingerprint density at radius 3 is 2.45 bits per heavy atom. The summed E-state index contributed by atoms with van der Waals surface area (Å²) in [5, 5.41) is 10.7. The second kappa shape index (κ2) is 7.32. The number of urea groups is 1. The van der Waals surface area contributed by atoms with Gasteiger partial charge >= 0.3 is 6.03 Å². The highest BCUT2D eigenvalue weighted by Crippen LogP contribution is 2.31. The number of aromatic nitrogens is 2. The number of nitrogens with one attached hydrogen (secondary N) is 1. The standard InChI is InChI=1S/C20H17BrN4O4/c1-20(13-5-9-15(28-2)10-6-13)18(26)25(19(27)22-20)11-16-23-24-17(29-16)12-3-7-14(21)8-4-12/h3-10H,11H2,1-2H3,(H,22,27). The van der Waals surface area contributed by atoms with Crippen molar-refractivity contribution in [2.75, 3.05) is 7.11 Å². The minimum Gasteiger partial charge on any atom is -0.497 e. The molecule has 3 aromatic rings. The lowest BCUT2D eigenvalue weighted by molar-refractivity contribution is -0.131. The molecule has 1 saturated heterocycles. The van der Waals surface area contributed by atoms with Crippen LogP contribution in [0.3, 0.4) is 0 Å². The molecule has 1 fully saturated rings. The van der Waals surface area contributed by atoms with Crippen LogP contribution in [0.5, 0.6) is 5.75 Å². The summed E-state index contributed by atoms with van der Waals surface area (Å²) < 4.78 is 11.7. The molecule has 3 amide bonds. The third-order valence-electron chi connectivity index (χ3n) is 4.79. The van der Waals surface area contributed by atoms with Crippen LogP contribution in [0.2, 0.25) is 0 Å². The molecule has 1 aliphatic rings. The van der Waals surface area contributed by atoms with E-state index in [9.17, 15) is 9.59 Å². The number of ether oxygens (including phenoxy) is 1. The van der Waals surface area contributed by atoms with Crippen molar-refractivity contribution in [3.05, 3.63) is 64.5 Å². The van der Waals surface area contributed by atoms with Crippen molar-refractivity contribution in [1.82, 2.24) is 20.4 Å². The first-order valence-corrected chi connectivity index (χ1v) is 9.57. The van der Waals surface area contributed by atoms with E-state index in [1.165, 1.54) is 0 Å². The zero-order valence-corrected chi connectivity index (χ0v) is 17.3. The highest BCUT2D eigenvalue weighted by Gasteiger charge is 2.49. The van der Waals surface area contributed by atoms with Crippen LogP contribution in [0, 0.1) is 0 Å². The zero-order valence-electron chi connectivity index (χ0n) is 15.7. The van der Waals surface area contributed by atoms with Crippen molar-refractivity contribution in [3.8, 4) is 17.2 Å². The number of halogens is 1. The van der Waals surface area contributed by atoms with E-state index >= 15 is 0 Å². The fourth-order valence-electron chi connectivity index (χ4n) is 3.12. The summed E-state index contributed by atoms with van der Waals surface area (Å²) in [7, 11) is 1.56. The molecule has 1 aliphatic heterocycles. The average Bonchev–Trinajstić information content (AvgIpc) is 3.28. The normalized spacial score (nSPS) is 18.8. The third-order valence-corrected chi connectivity index (χ3v) is 5.32. The Morgan fingerprint density at radius 2 is 1.79 bits per heavy atom. The molecule has 0 spiro atoms. The van der Waals surface area contributed by atoms with Crippen molar-refractivity contribution in [3.63, 3.8) is 0 Å². The van der Waals surface area contributed by atoms with Gasteiger partial charge in [0, 0.05) is 10.0 Å². The molecule has 29 heavy (non-hydrogen) atoms. The number of hydrogen-bond acceptors (Lipinski definition) is 6. The largest absolute Gasteiger partial charge is 0.497 e. The van der Waals surface area contributed by atoms with Crippen LogP contribution in [0.15, 0.2) is 57.4 Å². The topological polar surface area (TPSA) is 97.6 Å². The Kier molecular flexibility index (Phi) is 4.83. The number of carbonyl (C=O) groups excluding carboxylic acids is 2. The average molecular weight is 457 g/mol. The van der Waals surface area contributed by atoms with Crippen LogP contribution in [0.1, 0.15) is 18.4 Å². The minimum absolute atomic E-state index is 0.111. The molecule has 1 atom stereocenters. The van der Waals surface area contributed by atoms with Crippen molar-refractivity contribution < 1.29 is 18.7 Å². The molecule has 2 aromatic carbocycles. The lowest BCUT2D eigenvalue weighted by atomic mass is 9.92. The van der Waals surface area contributed by atoms with Crippen molar-refractivity contribution >= 4 is 27.9 Å². The van der Waals surface area contributed by atoms with Crippen LogP contribution < -0.4 is 10.1 Å². The Balaban J connectivity index is 1.54. The summed E-state index contributed by atoms with van der Waals surface area (Å²) in [5.74, 6) is 0.760. The lowest BCUT2D eigenvalue weighted by Gasteiger charge is -2.22. The van der Waals surface area contributed by atoms with E-state index in [0.717, 1.165) is 14.9 Å². The molecular weight excluding hydrogens is 440 g/mol. The zero-order chi connectivity index (χ0) is 20.6. The molecule has 0 radical (unpaired) electrons. The lowest BCUT2D eigenvalue weighted by Crippen LogP contribution is -2.40. The monoisotopic (exact) mass is 456 g/mol. The van der Waals surface area contributed by atoms with Gasteiger partial charge in [0.25, 0.3) is 5.91 Å². The Hall–Kier alpha value is -3.20. The predicted octanol–water partition coefficient (Wildman–Crippen LogP) is 3.47. The maximum atomic E-state index is 13.0. The van der Waals surface area contributed by atoms with Crippen molar-refractivity contribution in [2.24, 2.45) is 0 Å². The first-order valence-electron chi connectivity index (χ1n) is 8.77. The second-order valence-electron chi connectivity index (χ2n) is 6.68. The fourth-order valence-corrected chi connectivity index (χ4v) is 3.39. The number of amides is 3. The number of carbonyl (C=O) groups is 2. The highest BCUT2D eigenvalue weighted by molar-refractivity contribution is 9.10. The van der Waals surface area contributed by atoms with Gasteiger partial charge in [0.05, 0.1) is 7.11 Å². The van der Waals surface area contributed by atoms with Crippen molar-refractivity contribution in [1.29, 1.82) is 0 Å². The Labute approximate surface area is 175 Å². The smallest absolute Gasteiger partial charge is 0.325 e. The second-order valence-corrected chi connectivity index (χ2v) is 7.60. The summed E-state index contributed by atoms with van der Waals surface area (Å²) in [6, 6.07) is 13.8. The van der Waals surface area contributed by atoms with Crippen LogP contribution in [0.25, 0.3) is 11.5 Å². The van der Waals surface area contributed by atoms with Crippen LogP contribution in [-0.4, -0.2) is 34.1 Å². The summed E-state index contributed by atoms with van der Waals surface area (Å²) >= 11 is 3.37. The summed E-state index contributed by atoms with van der Waals surface area (Å²) in [6.45, 7) is 1.55. The molecule has 0 bridgehead atoms. The molecule has 2 heterocycles. The van der Waals surface area contributed by atoms with Gasteiger partial charge in [0.1, 0.15) is 17.8 Å². The first kappa shape index (κ1) is 19.1. The highest BCUT2D eigenvalue weighted by atomic mass is 79.9. The first-order chi connectivity index (χ1) is 13.9. The molecule has 1 unspecified atom stereocenters. The molecule has 1 N–H and O–H groups in total. The molecule has 9 heteroatoms. The number of nitrogens with zero attached hydrogens (tertiary/aromatic N) is 3. The molecule has 0 saturated carbocycles. The van der Waals surface area contributed by atoms with Gasteiger partial charge < -0.3 is 14.5 Å². The Morgan fingerprint density at radius 1 is 1.10 bits per heavy atom. The quantitative estimate of drug-likeness (QED) is 0.590. The van der Waals surface area contributed by atoms with Gasteiger partial charge in [-0.25, -0.2) is 4.79 Å². The van der Waals surface area contributed by atoms with Gasteiger partial charge in [0.2, 0.25) is 11.8 Å². The van der Waals surface area contributed by atoms with Gasteiger partial charge in [-0.05, 0) is 48.9 Å². The summed E-state index contributed by atoms with van der Waals surface area (Å²) in [4.78, 5) is 26.6. The van der Waals surface area contributed by atoms with Gasteiger partial charge in [-0.2, -0.15) is 0 Å². The summed E-state index contributed by atoms with van der Waals surface area (Å²) in [5.41, 5.74) is 0.213. The van der Waals surface area contributed by atoms with E-state index in [1.807, 2.05) is 24.3 Å². The minimum atomic E-state index is -1.18. The van der Waals surface area contributed by atoms with E-state index in [4.69, 9.17) is 9.15 Å². The van der Waals surface area contributed by atoms with Crippen molar-refractivity contribution in [2.45, 2.75) is 19.0 Å². The van der Waals surface area contributed by atoms with E-state index < -0.39 is 17.5 Å². The van der Waals surface area contributed by atoms with Gasteiger partial charge in [-0.3, -0.25) is 9.69 Å². The number of imide groups is 1. The molecule has 148 valence electrons. The predicted molar refractivity (Wildman–Crippen MR) is 107 cm³/mol. The van der Waals surface area contributed by atoms with E-state index in [2.05, 4.69) is 31.4 Å². The molecule has 8 nitrogen and oxygen atoms in total. The van der Waals surface area contributed by atoms with E-state index in [0.29, 0.717) is 17.2 Å². The third kappa shape index (κ3) is 3.49. The SMILES string of the molecule is COc1ccc(C2(C)NC(=O)N(Cc3nnc(-c4ccc(Br)cc4)o3)C2=O)cc1. The number of rotatable bonds is 5. The number of benzene rings is 2. The maximum Gasteiger partial charge on any atom is 0.325 e. The number of hydrogen-bond donors (Lipinski definition) is 1. The fraction of sp³-hybridized carbons (Fsp3) is 0.200. The summed E-state index contributed by atoms with van der Waals surface area (Å²) in [6.07, 6.45) is 0. The van der Waals surface area contributed by atoms with E-state index in [1.54, 1.807) is 38.3 Å².